The Morgan fingerprint density at radius 2 is 2.12 bits per heavy atom. The summed E-state index contributed by atoms with van der Waals surface area (Å²) in [6.07, 6.45) is -0.684. The zero-order valence-electron chi connectivity index (χ0n) is 13.7. The van der Waals surface area contributed by atoms with E-state index in [-0.39, 0.29) is 35.8 Å². The van der Waals surface area contributed by atoms with Crippen molar-refractivity contribution in [3.63, 3.8) is 0 Å². The maximum Gasteiger partial charge on any atom is 0.372 e. The lowest BCUT2D eigenvalue weighted by Gasteiger charge is -2.30. The van der Waals surface area contributed by atoms with E-state index in [0.717, 1.165) is 0 Å². The topological polar surface area (TPSA) is 131 Å². The molecule has 0 aromatic heterocycles. The van der Waals surface area contributed by atoms with Gasteiger partial charge in [-0.3, -0.25) is 19.2 Å². The summed E-state index contributed by atoms with van der Waals surface area (Å²) >= 11 is 9.86. The highest BCUT2D eigenvalue weighted by Gasteiger charge is 2.59. The number of cyclic esters (lactones) is 1. The Morgan fingerprint density at radius 3 is 2.65 bits per heavy atom. The number of hydroxylamine groups is 2. The molecule has 2 heterocycles. The van der Waals surface area contributed by atoms with Crippen molar-refractivity contribution in [3.05, 3.63) is 0 Å². The Balaban J connectivity index is 1.99. The number of carbonyl (C=O) groups excluding carboxylic acids is 3. The van der Waals surface area contributed by atoms with Gasteiger partial charge in [-0.2, -0.15) is 5.06 Å². The molecular formula is C14H16N2O8S2. The minimum Gasteiger partial charge on any atom is -0.483 e. The van der Waals surface area contributed by atoms with Crippen LogP contribution in [0.3, 0.4) is 0 Å². The molecule has 26 heavy (non-hydrogen) atoms. The maximum absolute atomic E-state index is 12.4. The number of nitrogens with zero attached hydrogens (tertiary/aromatic N) is 1. The fraction of sp³-hybridized carbons (Fsp3) is 0.571. The number of nitrogens with one attached hydrogen (secondary N) is 1. The highest BCUT2D eigenvalue weighted by Crippen LogP contribution is 2.33. The van der Waals surface area contributed by atoms with E-state index >= 15 is 0 Å². The van der Waals surface area contributed by atoms with E-state index in [1.807, 2.05) is 0 Å². The van der Waals surface area contributed by atoms with Crippen molar-refractivity contribution in [3.8, 4) is 0 Å². The number of ether oxygens (including phenoxy) is 2. The van der Waals surface area contributed by atoms with E-state index in [4.69, 9.17) is 38.7 Å². The summed E-state index contributed by atoms with van der Waals surface area (Å²) in [5, 5.41) is 12.3. The second kappa shape index (κ2) is 8.01. The average Bonchev–Trinajstić information content (AvgIpc) is 3.12. The number of carboxylic acid groups (broad SMARTS) is 1. The summed E-state index contributed by atoms with van der Waals surface area (Å²) in [5.74, 6) is -3.74. The van der Waals surface area contributed by atoms with Crippen LogP contribution in [0.25, 0.3) is 0 Å². The van der Waals surface area contributed by atoms with Crippen molar-refractivity contribution in [2.75, 3.05) is 13.2 Å². The van der Waals surface area contributed by atoms with E-state index in [1.54, 1.807) is 6.92 Å². The van der Waals surface area contributed by atoms with Crippen molar-refractivity contribution in [2.24, 2.45) is 0 Å². The third-order valence-electron chi connectivity index (χ3n) is 3.64. The Kier molecular flexibility index (Phi) is 6.21. The Bertz CT molecular complexity index is 682. The minimum absolute atomic E-state index is 0.0240. The molecule has 142 valence electrons. The lowest BCUT2D eigenvalue weighted by atomic mass is 10.1. The monoisotopic (exact) mass is 404 g/mol. The second-order valence-electron chi connectivity index (χ2n) is 5.43. The second-order valence-corrected chi connectivity index (χ2v) is 6.30. The normalized spacial score (nSPS) is 25.0. The van der Waals surface area contributed by atoms with Gasteiger partial charge in [0.2, 0.25) is 5.91 Å². The van der Waals surface area contributed by atoms with E-state index in [1.165, 1.54) is 0 Å². The molecule has 0 aliphatic carbocycles. The molecule has 2 aliphatic rings. The summed E-state index contributed by atoms with van der Waals surface area (Å²) in [6, 6.07) is -1.14. The van der Waals surface area contributed by atoms with E-state index in [9.17, 15) is 24.3 Å². The molecule has 0 saturated carbocycles. The lowest BCUT2D eigenvalue weighted by Crippen LogP contribution is -2.56. The van der Waals surface area contributed by atoms with Gasteiger partial charge in [0.15, 0.2) is 5.05 Å². The van der Waals surface area contributed by atoms with Crippen LogP contribution in [0.5, 0.6) is 0 Å². The van der Waals surface area contributed by atoms with E-state index < -0.39 is 35.5 Å². The number of hydrogen-bond acceptors (Lipinski definition) is 9. The molecule has 10 nitrogen and oxygen atoms in total. The van der Waals surface area contributed by atoms with Crippen molar-refractivity contribution in [2.45, 2.75) is 38.0 Å². The van der Waals surface area contributed by atoms with E-state index in [0.29, 0.717) is 11.7 Å². The summed E-state index contributed by atoms with van der Waals surface area (Å²) in [4.78, 5) is 52.5. The molecule has 0 bridgehead atoms. The highest BCUT2D eigenvalue weighted by molar-refractivity contribution is 7.89. The van der Waals surface area contributed by atoms with Gasteiger partial charge >= 0.3 is 17.7 Å². The predicted molar refractivity (Wildman–Crippen MR) is 91.9 cm³/mol. The first-order valence-electron chi connectivity index (χ1n) is 7.62. The van der Waals surface area contributed by atoms with Crippen LogP contribution in [-0.2, 0) is 33.5 Å². The Morgan fingerprint density at radius 1 is 1.42 bits per heavy atom. The molecule has 0 radical (unpaired) electrons. The summed E-state index contributed by atoms with van der Waals surface area (Å²) in [7, 11) is 0. The number of esters is 1. The molecule has 2 aliphatic heterocycles. The zero-order chi connectivity index (χ0) is 19.5. The molecule has 0 aromatic carbocycles. The van der Waals surface area contributed by atoms with Crippen LogP contribution in [-0.4, -0.2) is 68.8 Å². The third-order valence-corrected chi connectivity index (χ3v) is 4.46. The molecule has 1 unspecified atom stereocenters. The Hall–Kier alpha value is -2.18. The molecule has 2 rings (SSSR count). The minimum atomic E-state index is -2.22. The molecule has 2 saturated heterocycles. The van der Waals surface area contributed by atoms with Gasteiger partial charge in [0, 0.05) is 6.42 Å². The predicted octanol–water partition coefficient (Wildman–Crippen LogP) is -0.513. The number of carbonyl (C=O) groups is 4. The standard InChI is InChI=1S/C14H16N2O8S2/c1-2-22-12(26)8(25)5-9(17)15-7-6-23-16(11(7)19)14(13(20)21)4-3-10(18)24-14/h7H,2-6H2,1H3,(H,15,17)(H,20,21)/t7-,14?/m0/s1. The van der Waals surface area contributed by atoms with Crippen molar-refractivity contribution in [1.29, 1.82) is 0 Å². The van der Waals surface area contributed by atoms with Crippen LogP contribution in [0.1, 0.15) is 26.2 Å². The van der Waals surface area contributed by atoms with Crippen molar-refractivity contribution >= 4 is 58.1 Å². The van der Waals surface area contributed by atoms with Gasteiger partial charge in [-0.25, -0.2) is 4.79 Å². The number of aliphatic carboxylic acids is 1. The maximum atomic E-state index is 12.4. The Labute approximate surface area is 158 Å². The van der Waals surface area contributed by atoms with Crippen molar-refractivity contribution < 1.29 is 38.6 Å². The first-order valence-corrected chi connectivity index (χ1v) is 8.44. The van der Waals surface area contributed by atoms with Crippen LogP contribution in [0.4, 0.5) is 0 Å². The van der Waals surface area contributed by atoms with Crippen LogP contribution in [0, 0.1) is 0 Å². The van der Waals surface area contributed by atoms with Crippen LogP contribution in [0.2, 0.25) is 0 Å². The van der Waals surface area contributed by atoms with Gasteiger partial charge in [-0.1, -0.05) is 12.2 Å². The quantitative estimate of drug-likeness (QED) is 0.422. The van der Waals surface area contributed by atoms with Gasteiger partial charge in [0.05, 0.1) is 24.3 Å². The molecule has 0 spiro atoms. The summed E-state index contributed by atoms with van der Waals surface area (Å²) in [6.45, 7) is 1.71. The fourth-order valence-electron chi connectivity index (χ4n) is 2.43. The summed E-state index contributed by atoms with van der Waals surface area (Å²) < 4.78 is 9.84. The summed E-state index contributed by atoms with van der Waals surface area (Å²) in [5.41, 5.74) is -2.22. The average molecular weight is 404 g/mol. The van der Waals surface area contributed by atoms with Gasteiger partial charge in [-0.15, -0.1) is 0 Å². The number of hydrogen-bond donors (Lipinski definition) is 2. The lowest BCUT2D eigenvalue weighted by molar-refractivity contribution is -0.256. The molecule has 0 aromatic rings. The first-order chi connectivity index (χ1) is 12.2. The third kappa shape index (κ3) is 3.97. The first kappa shape index (κ1) is 20.1. The van der Waals surface area contributed by atoms with E-state index in [2.05, 4.69) is 5.32 Å². The number of amides is 2. The van der Waals surface area contributed by atoms with Gasteiger partial charge < -0.3 is 19.9 Å². The van der Waals surface area contributed by atoms with Gasteiger partial charge in [-0.05, 0) is 19.1 Å². The number of thiocarbonyl (C=S) groups is 2. The highest BCUT2D eigenvalue weighted by atomic mass is 32.1. The van der Waals surface area contributed by atoms with Crippen LogP contribution >= 0.6 is 24.4 Å². The molecule has 2 atom stereocenters. The molecule has 12 heteroatoms. The molecule has 2 amide bonds. The van der Waals surface area contributed by atoms with Crippen molar-refractivity contribution in [1.82, 2.24) is 10.4 Å². The molecule has 2 N–H and O–H groups in total. The van der Waals surface area contributed by atoms with Gasteiger partial charge in [0.25, 0.3) is 5.91 Å². The van der Waals surface area contributed by atoms with Gasteiger partial charge in [0.1, 0.15) is 12.6 Å². The zero-order valence-corrected chi connectivity index (χ0v) is 15.3. The molecule has 2 fully saturated rings. The SMILES string of the molecule is CCOC(=S)C(=S)CC(=O)N[C@H]1CON(C2(C(=O)O)CCC(=O)O2)C1=O. The number of rotatable bonds is 7. The molecular weight excluding hydrogens is 388 g/mol. The number of carboxylic acids is 1. The smallest absolute Gasteiger partial charge is 0.372 e. The van der Waals surface area contributed by atoms with Crippen LogP contribution < -0.4 is 5.32 Å². The van der Waals surface area contributed by atoms with Crippen LogP contribution in [0.15, 0.2) is 0 Å². The fourth-order valence-corrected chi connectivity index (χ4v) is 2.81. The largest absolute Gasteiger partial charge is 0.483 e.